The smallest absolute Gasteiger partial charge is 0.354 e. The minimum absolute atomic E-state index is 0.0485. The highest BCUT2D eigenvalue weighted by molar-refractivity contribution is 5.94. The van der Waals surface area contributed by atoms with E-state index in [1.54, 1.807) is 7.05 Å². The maximum Gasteiger partial charge on any atom is 0.417 e. The van der Waals surface area contributed by atoms with Crippen LogP contribution in [0, 0.1) is 10.1 Å². The Morgan fingerprint density at radius 3 is 2.27 bits per heavy atom. The lowest BCUT2D eigenvalue weighted by atomic mass is 10.2. The molecule has 0 aliphatic carbocycles. The molecule has 1 amide bonds. The van der Waals surface area contributed by atoms with Gasteiger partial charge in [-0.05, 0) is 24.3 Å². The maximum atomic E-state index is 12.7. The summed E-state index contributed by atoms with van der Waals surface area (Å²) in [6.07, 6.45) is -3.59. The Balaban J connectivity index is 1.52. The van der Waals surface area contributed by atoms with Gasteiger partial charge in [-0.15, -0.1) is 0 Å². The second kappa shape index (κ2) is 8.66. The number of rotatable bonds is 5. The molecule has 0 N–H and O–H groups in total. The summed E-state index contributed by atoms with van der Waals surface area (Å²) in [5.74, 6) is 0.307. The van der Waals surface area contributed by atoms with Gasteiger partial charge in [0.25, 0.3) is 5.69 Å². The van der Waals surface area contributed by atoms with Crippen molar-refractivity contribution in [2.75, 3.05) is 49.6 Å². The second-order valence-corrected chi connectivity index (χ2v) is 6.89. The monoisotopic (exact) mass is 423 g/mol. The van der Waals surface area contributed by atoms with E-state index in [-0.39, 0.29) is 18.1 Å². The highest BCUT2D eigenvalue weighted by atomic mass is 19.4. The number of hydrogen-bond acceptors (Lipinski definition) is 6. The summed E-state index contributed by atoms with van der Waals surface area (Å²) in [7, 11) is 1.60. The van der Waals surface area contributed by atoms with Crippen LogP contribution in [0.2, 0.25) is 0 Å². The summed E-state index contributed by atoms with van der Waals surface area (Å²) in [6, 6.07) is 8.09. The normalized spacial score (nSPS) is 15.1. The molecule has 0 saturated carbocycles. The molecule has 0 bridgehead atoms. The molecule has 1 aromatic carbocycles. The molecular formula is C19H20F3N5O3. The maximum absolute atomic E-state index is 12.7. The van der Waals surface area contributed by atoms with Crippen LogP contribution in [0.1, 0.15) is 5.56 Å². The predicted octanol–water partition coefficient (Wildman–Crippen LogP) is 2.79. The van der Waals surface area contributed by atoms with Crippen LogP contribution in [-0.2, 0) is 11.0 Å². The lowest BCUT2D eigenvalue weighted by molar-refractivity contribution is -0.384. The van der Waals surface area contributed by atoms with Gasteiger partial charge < -0.3 is 9.80 Å². The van der Waals surface area contributed by atoms with Crippen molar-refractivity contribution < 1.29 is 22.9 Å². The van der Waals surface area contributed by atoms with Crippen molar-refractivity contribution in [1.82, 2.24) is 9.88 Å². The zero-order chi connectivity index (χ0) is 21.9. The van der Waals surface area contributed by atoms with Crippen LogP contribution >= 0.6 is 0 Å². The van der Waals surface area contributed by atoms with E-state index >= 15 is 0 Å². The van der Waals surface area contributed by atoms with E-state index in [0.717, 1.165) is 12.3 Å². The first kappa shape index (κ1) is 21.5. The predicted molar refractivity (Wildman–Crippen MR) is 104 cm³/mol. The van der Waals surface area contributed by atoms with Gasteiger partial charge in [0, 0.05) is 57.2 Å². The Morgan fingerprint density at radius 1 is 1.13 bits per heavy atom. The van der Waals surface area contributed by atoms with Crippen LogP contribution in [0.5, 0.6) is 0 Å². The molecule has 0 atom stereocenters. The number of nitro groups is 1. The van der Waals surface area contributed by atoms with E-state index in [0.29, 0.717) is 37.7 Å². The first-order chi connectivity index (χ1) is 14.1. The number of carbonyl (C=O) groups is 1. The fourth-order valence-corrected chi connectivity index (χ4v) is 3.12. The molecule has 1 aliphatic heterocycles. The second-order valence-electron chi connectivity index (χ2n) is 6.89. The lowest BCUT2D eigenvalue weighted by Crippen LogP contribution is -2.50. The number of piperazine rings is 1. The number of pyridine rings is 1. The van der Waals surface area contributed by atoms with E-state index in [1.807, 2.05) is 9.80 Å². The van der Waals surface area contributed by atoms with E-state index in [9.17, 15) is 28.1 Å². The third-order valence-corrected chi connectivity index (χ3v) is 4.95. The van der Waals surface area contributed by atoms with Gasteiger partial charge in [0.15, 0.2) is 0 Å². The van der Waals surface area contributed by atoms with Gasteiger partial charge in [-0.1, -0.05) is 0 Å². The Hall–Kier alpha value is -3.21. The molecule has 0 unspecified atom stereocenters. The van der Waals surface area contributed by atoms with Gasteiger partial charge in [-0.25, -0.2) is 4.98 Å². The number of non-ortho nitro benzene ring substituents is 1. The zero-order valence-corrected chi connectivity index (χ0v) is 16.2. The molecule has 160 valence electrons. The van der Waals surface area contributed by atoms with Crippen molar-refractivity contribution >= 4 is 23.1 Å². The molecular weight excluding hydrogens is 403 g/mol. The van der Waals surface area contributed by atoms with Crippen LogP contribution in [0.15, 0.2) is 42.6 Å². The third kappa shape index (κ3) is 5.03. The van der Waals surface area contributed by atoms with E-state index < -0.39 is 16.7 Å². The third-order valence-electron chi connectivity index (χ3n) is 4.95. The number of anilines is 2. The molecule has 11 heteroatoms. The Bertz CT molecular complexity index is 895. The van der Waals surface area contributed by atoms with E-state index in [2.05, 4.69) is 4.98 Å². The summed E-state index contributed by atoms with van der Waals surface area (Å²) in [5, 5.41) is 10.7. The fraction of sp³-hybridized carbons (Fsp3) is 0.368. The summed E-state index contributed by atoms with van der Waals surface area (Å²) < 4.78 is 38.0. The molecule has 1 saturated heterocycles. The fourth-order valence-electron chi connectivity index (χ4n) is 3.12. The molecule has 2 aromatic rings. The zero-order valence-electron chi connectivity index (χ0n) is 16.2. The van der Waals surface area contributed by atoms with Crippen molar-refractivity contribution in [3.63, 3.8) is 0 Å². The first-order valence-electron chi connectivity index (χ1n) is 9.17. The van der Waals surface area contributed by atoms with Crippen molar-refractivity contribution in [2.24, 2.45) is 0 Å². The van der Waals surface area contributed by atoms with Crippen LogP contribution < -0.4 is 9.80 Å². The molecule has 0 spiro atoms. The molecule has 1 fully saturated rings. The highest BCUT2D eigenvalue weighted by Crippen LogP contribution is 2.29. The number of nitro benzene ring substituents is 1. The molecule has 1 aliphatic rings. The summed E-state index contributed by atoms with van der Waals surface area (Å²) in [6.45, 7) is 2.35. The van der Waals surface area contributed by atoms with Gasteiger partial charge in [-0.2, -0.15) is 13.2 Å². The number of alkyl halides is 3. The highest BCUT2D eigenvalue weighted by Gasteiger charge is 2.31. The number of nitrogens with zero attached hydrogens (tertiary/aromatic N) is 5. The number of benzene rings is 1. The van der Waals surface area contributed by atoms with Crippen molar-refractivity contribution in [3.8, 4) is 0 Å². The van der Waals surface area contributed by atoms with E-state index in [1.165, 1.54) is 35.2 Å². The molecule has 2 heterocycles. The average molecular weight is 423 g/mol. The number of hydrogen-bond donors (Lipinski definition) is 0. The Labute approximate surface area is 170 Å². The summed E-state index contributed by atoms with van der Waals surface area (Å²) >= 11 is 0. The Morgan fingerprint density at radius 2 is 1.77 bits per heavy atom. The van der Waals surface area contributed by atoms with Crippen LogP contribution in [0.25, 0.3) is 0 Å². The van der Waals surface area contributed by atoms with Gasteiger partial charge in [-0.3, -0.25) is 19.8 Å². The topological polar surface area (TPSA) is 82.8 Å². The summed E-state index contributed by atoms with van der Waals surface area (Å²) in [5.41, 5.74) is -0.282. The molecule has 1 aromatic heterocycles. The largest absolute Gasteiger partial charge is 0.417 e. The molecule has 0 radical (unpaired) electrons. The van der Waals surface area contributed by atoms with Gasteiger partial charge in [0.05, 0.1) is 17.0 Å². The SMILES string of the molecule is CN(C(=O)CN1CCN(c2ccc(C(F)(F)F)cn2)CC1)c1ccc([N+](=O)[O-])cc1. The standard InChI is InChI=1S/C19H20F3N5O3/c1-24(15-3-5-16(6-4-15)27(29)30)18(28)13-25-8-10-26(11-9-25)17-7-2-14(12-23-17)19(20,21)22/h2-7,12H,8-11,13H2,1H3. The number of aromatic nitrogens is 1. The number of likely N-dealkylation sites (N-methyl/N-ethyl adjacent to an activating group) is 1. The van der Waals surface area contributed by atoms with Crippen LogP contribution in [0.4, 0.5) is 30.4 Å². The minimum Gasteiger partial charge on any atom is -0.354 e. The summed E-state index contributed by atoms with van der Waals surface area (Å²) in [4.78, 5) is 31.9. The minimum atomic E-state index is -4.42. The van der Waals surface area contributed by atoms with Crippen molar-refractivity contribution in [2.45, 2.75) is 6.18 Å². The molecule has 8 nitrogen and oxygen atoms in total. The van der Waals surface area contributed by atoms with Gasteiger partial charge in [0.2, 0.25) is 5.91 Å². The lowest BCUT2D eigenvalue weighted by Gasteiger charge is -2.35. The number of amides is 1. The first-order valence-corrected chi connectivity index (χ1v) is 9.17. The van der Waals surface area contributed by atoms with Crippen molar-refractivity contribution in [1.29, 1.82) is 0 Å². The van der Waals surface area contributed by atoms with Gasteiger partial charge >= 0.3 is 6.18 Å². The quantitative estimate of drug-likeness (QED) is 0.543. The van der Waals surface area contributed by atoms with Crippen molar-refractivity contribution in [3.05, 3.63) is 58.3 Å². The Kier molecular flexibility index (Phi) is 6.20. The molecule has 30 heavy (non-hydrogen) atoms. The van der Waals surface area contributed by atoms with Crippen LogP contribution in [-0.4, -0.2) is 60.5 Å². The number of halogens is 3. The van der Waals surface area contributed by atoms with Crippen LogP contribution in [0.3, 0.4) is 0 Å². The number of carbonyl (C=O) groups excluding carboxylic acids is 1. The average Bonchev–Trinajstić information content (AvgIpc) is 2.73. The van der Waals surface area contributed by atoms with E-state index in [4.69, 9.17) is 0 Å². The van der Waals surface area contributed by atoms with Gasteiger partial charge in [0.1, 0.15) is 5.82 Å². The molecule has 3 rings (SSSR count).